The highest BCUT2D eigenvalue weighted by atomic mass is 35.5. The first-order chi connectivity index (χ1) is 9.04. The average molecular weight is 281 g/mol. The Morgan fingerprint density at radius 2 is 2.26 bits per heavy atom. The summed E-state index contributed by atoms with van der Waals surface area (Å²) in [5.74, 6) is 0.0407. The molecule has 0 aromatic heterocycles. The van der Waals surface area contributed by atoms with Crippen LogP contribution in [0, 0.1) is 0 Å². The van der Waals surface area contributed by atoms with Crippen molar-refractivity contribution in [1.82, 2.24) is 10.2 Å². The number of nitrogens with one attached hydrogen (secondary N) is 1. The number of carbonyl (C=O) groups excluding carboxylic acids is 2. The Kier molecular flexibility index (Phi) is 4.56. The zero-order chi connectivity index (χ0) is 13.8. The molecule has 1 aliphatic heterocycles. The van der Waals surface area contributed by atoms with Gasteiger partial charge in [0.25, 0.3) is 0 Å². The monoisotopic (exact) mass is 280 g/mol. The van der Waals surface area contributed by atoms with Crippen LogP contribution < -0.4 is 5.32 Å². The smallest absolute Gasteiger partial charge is 0.217 e. The predicted molar refractivity (Wildman–Crippen MR) is 74.4 cm³/mol. The van der Waals surface area contributed by atoms with Crippen LogP contribution in [0.25, 0.3) is 0 Å². The number of ketones is 1. The molecule has 1 aliphatic rings. The maximum atomic E-state index is 12.1. The molecular weight excluding hydrogens is 264 g/mol. The lowest BCUT2D eigenvalue weighted by molar-refractivity contribution is -0.119. The molecule has 1 unspecified atom stereocenters. The van der Waals surface area contributed by atoms with Gasteiger partial charge in [0.2, 0.25) is 5.91 Å². The summed E-state index contributed by atoms with van der Waals surface area (Å²) in [4.78, 5) is 25.1. The van der Waals surface area contributed by atoms with Crippen LogP contribution in [-0.2, 0) is 4.79 Å². The predicted octanol–water partition coefficient (Wildman–Crippen LogP) is 1.73. The van der Waals surface area contributed by atoms with Crippen LogP contribution in [0.15, 0.2) is 24.3 Å². The number of carbonyl (C=O) groups is 2. The number of nitrogens with zero attached hydrogens (tertiary/aromatic N) is 1. The average Bonchev–Trinajstić information content (AvgIpc) is 2.75. The summed E-state index contributed by atoms with van der Waals surface area (Å²) in [5.41, 5.74) is 0.635. The Hall–Kier alpha value is -1.39. The molecule has 0 spiro atoms. The Bertz CT molecular complexity index is 490. The highest BCUT2D eigenvalue weighted by molar-refractivity contribution is 6.31. The third-order valence-corrected chi connectivity index (χ3v) is 3.43. The van der Waals surface area contributed by atoms with Crippen LogP contribution in [0.4, 0.5) is 0 Å². The molecule has 0 bridgehead atoms. The molecule has 0 saturated carbocycles. The lowest BCUT2D eigenvalue weighted by Crippen LogP contribution is -2.36. The fourth-order valence-electron chi connectivity index (χ4n) is 2.34. The minimum absolute atomic E-state index is 0.0204. The molecule has 1 saturated heterocycles. The minimum Gasteiger partial charge on any atom is -0.352 e. The summed E-state index contributed by atoms with van der Waals surface area (Å²) >= 11 is 5.87. The molecule has 1 amide bonds. The summed E-state index contributed by atoms with van der Waals surface area (Å²) in [6.07, 6.45) is 0.891. The molecule has 102 valence electrons. The molecule has 1 aromatic rings. The standard InChI is InChI=1S/C14H17ClN2O2/c1-10(18)16-13-5-6-17(8-13)9-14(19)11-3-2-4-12(15)7-11/h2-4,7,13H,5-6,8-9H2,1H3,(H,16,18). The van der Waals surface area contributed by atoms with Crippen molar-refractivity contribution in [2.45, 2.75) is 19.4 Å². The molecule has 0 radical (unpaired) electrons. The molecule has 19 heavy (non-hydrogen) atoms. The number of likely N-dealkylation sites (tertiary alicyclic amines) is 1. The van der Waals surface area contributed by atoms with Crippen molar-refractivity contribution in [3.8, 4) is 0 Å². The van der Waals surface area contributed by atoms with Crippen molar-refractivity contribution in [2.75, 3.05) is 19.6 Å². The number of Topliss-reactive ketones (excluding diaryl/α,β-unsaturated/α-hetero) is 1. The fraction of sp³-hybridized carbons (Fsp3) is 0.429. The topological polar surface area (TPSA) is 49.4 Å². The van der Waals surface area contributed by atoms with Crippen LogP contribution >= 0.6 is 11.6 Å². The second kappa shape index (κ2) is 6.17. The molecule has 5 heteroatoms. The van der Waals surface area contributed by atoms with E-state index in [1.54, 1.807) is 24.3 Å². The minimum atomic E-state index is -0.0204. The zero-order valence-electron chi connectivity index (χ0n) is 10.9. The molecule has 1 heterocycles. The van der Waals surface area contributed by atoms with Crippen molar-refractivity contribution >= 4 is 23.3 Å². The number of rotatable bonds is 4. The SMILES string of the molecule is CC(=O)NC1CCN(CC(=O)c2cccc(Cl)c2)C1. The summed E-state index contributed by atoms with van der Waals surface area (Å²) < 4.78 is 0. The first-order valence-electron chi connectivity index (χ1n) is 6.33. The number of amides is 1. The molecule has 1 atom stereocenters. The van der Waals surface area contributed by atoms with Gasteiger partial charge in [-0.15, -0.1) is 0 Å². The Morgan fingerprint density at radius 1 is 1.47 bits per heavy atom. The van der Waals surface area contributed by atoms with Gasteiger partial charge in [0, 0.05) is 36.6 Å². The normalized spacial score (nSPS) is 19.4. The largest absolute Gasteiger partial charge is 0.352 e. The number of hydrogen-bond donors (Lipinski definition) is 1. The first-order valence-corrected chi connectivity index (χ1v) is 6.70. The van der Waals surface area contributed by atoms with Gasteiger partial charge < -0.3 is 5.32 Å². The maximum Gasteiger partial charge on any atom is 0.217 e. The highest BCUT2D eigenvalue weighted by Gasteiger charge is 2.24. The van der Waals surface area contributed by atoms with Gasteiger partial charge in [0.1, 0.15) is 0 Å². The third-order valence-electron chi connectivity index (χ3n) is 3.19. The van der Waals surface area contributed by atoms with Crippen molar-refractivity contribution in [2.24, 2.45) is 0 Å². The van der Waals surface area contributed by atoms with Crippen LogP contribution in [0.5, 0.6) is 0 Å². The van der Waals surface area contributed by atoms with E-state index in [1.807, 2.05) is 0 Å². The Morgan fingerprint density at radius 3 is 2.95 bits per heavy atom. The lowest BCUT2D eigenvalue weighted by Gasteiger charge is -2.15. The third kappa shape index (κ3) is 4.04. The molecule has 4 nitrogen and oxygen atoms in total. The number of benzene rings is 1. The quantitative estimate of drug-likeness (QED) is 0.855. The van der Waals surface area contributed by atoms with Crippen molar-refractivity contribution < 1.29 is 9.59 Å². The molecule has 1 N–H and O–H groups in total. The Balaban J connectivity index is 1.89. The molecular formula is C14H17ClN2O2. The van der Waals surface area contributed by atoms with E-state index in [1.165, 1.54) is 6.92 Å². The van der Waals surface area contributed by atoms with Crippen molar-refractivity contribution in [3.05, 3.63) is 34.9 Å². The maximum absolute atomic E-state index is 12.1. The van der Waals surface area contributed by atoms with Gasteiger partial charge in [0.15, 0.2) is 5.78 Å². The lowest BCUT2D eigenvalue weighted by atomic mass is 10.1. The van der Waals surface area contributed by atoms with E-state index in [-0.39, 0.29) is 17.7 Å². The van der Waals surface area contributed by atoms with Crippen LogP contribution in [0.1, 0.15) is 23.7 Å². The van der Waals surface area contributed by atoms with E-state index in [4.69, 9.17) is 11.6 Å². The van der Waals surface area contributed by atoms with Gasteiger partial charge in [-0.25, -0.2) is 0 Å². The van der Waals surface area contributed by atoms with E-state index < -0.39 is 0 Å². The van der Waals surface area contributed by atoms with E-state index in [2.05, 4.69) is 10.2 Å². The first kappa shape index (κ1) is 14.0. The summed E-state index contributed by atoms with van der Waals surface area (Å²) in [6.45, 7) is 3.44. The fourth-order valence-corrected chi connectivity index (χ4v) is 2.53. The Labute approximate surface area is 117 Å². The van der Waals surface area contributed by atoms with Gasteiger partial charge in [0.05, 0.1) is 6.54 Å². The van der Waals surface area contributed by atoms with E-state index in [9.17, 15) is 9.59 Å². The second-order valence-corrected chi connectivity index (χ2v) is 5.29. The van der Waals surface area contributed by atoms with Gasteiger partial charge >= 0.3 is 0 Å². The molecule has 1 aromatic carbocycles. The molecule has 2 rings (SSSR count). The van der Waals surface area contributed by atoms with Crippen molar-refractivity contribution in [3.63, 3.8) is 0 Å². The van der Waals surface area contributed by atoms with Crippen LogP contribution in [0.3, 0.4) is 0 Å². The van der Waals surface area contributed by atoms with Crippen LogP contribution in [0.2, 0.25) is 5.02 Å². The highest BCUT2D eigenvalue weighted by Crippen LogP contribution is 2.14. The van der Waals surface area contributed by atoms with Crippen molar-refractivity contribution in [1.29, 1.82) is 0 Å². The summed E-state index contributed by atoms with van der Waals surface area (Å²) in [6, 6.07) is 7.14. The number of halogens is 1. The van der Waals surface area contributed by atoms with Gasteiger partial charge in [-0.2, -0.15) is 0 Å². The summed E-state index contributed by atoms with van der Waals surface area (Å²) in [7, 11) is 0. The molecule has 1 fully saturated rings. The van der Waals surface area contributed by atoms with Gasteiger partial charge in [-0.3, -0.25) is 14.5 Å². The summed E-state index contributed by atoms with van der Waals surface area (Å²) in [5, 5.41) is 3.45. The van der Waals surface area contributed by atoms with Crippen LogP contribution in [-0.4, -0.2) is 42.3 Å². The van der Waals surface area contributed by atoms with E-state index in [0.717, 1.165) is 19.5 Å². The number of hydrogen-bond acceptors (Lipinski definition) is 3. The van der Waals surface area contributed by atoms with E-state index >= 15 is 0 Å². The molecule has 0 aliphatic carbocycles. The van der Waals surface area contributed by atoms with Gasteiger partial charge in [-0.05, 0) is 18.6 Å². The second-order valence-electron chi connectivity index (χ2n) is 4.85. The zero-order valence-corrected chi connectivity index (χ0v) is 11.6. The van der Waals surface area contributed by atoms with E-state index in [0.29, 0.717) is 17.1 Å². The van der Waals surface area contributed by atoms with Gasteiger partial charge in [-0.1, -0.05) is 23.7 Å².